The van der Waals surface area contributed by atoms with Gasteiger partial charge in [-0.05, 0) is 45.2 Å². The maximum atomic E-state index is 11.9. The van der Waals surface area contributed by atoms with Gasteiger partial charge in [0.15, 0.2) is 0 Å². The van der Waals surface area contributed by atoms with Gasteiger partial charge in [0, 0.05) is 17.8 Å². The van der Waals surface area contributed by atoms with Crippen LogP contribution in [0.2, 0.25) is 0 Å². The Balaban J connectivity index is 1.90. The monoisotopic (exact) mass is 276 g/mol. The summed E-state index contributed by atoms with van der Waals surface area (Å²) in [6, 6.07) is 7.91. The van der Waals surface area contributed by atoms with Crippen molar-refractivity contribution in [3.05, 3.63) is 24.3 Å². The number of hydrogen-bond donors (Lipinski definition) is 2. The molecule has 4 heteroatoms. The molecule has 4 nitrogen and oxygen atoms in total. The van der Waals surface area contributed by atoms with Crippen LogP contribution in [0.4, 0.5) is 5.69 Å². The quantitative estimate of drug-likeness (QED) is 0.805. The van der Waals surface area contributed by atoms with Crippen molar-refractivity contribution in [3.8, 4) is 5.75 Å². The molecule has 1 aliphatic rings. The Bertz CT molecular complexity index is 458. The Hall–Kier alpha value is -1.71. The lowest BCUT2D eigenvalue weighted by Gasteiger charge is -2.17. The van der Waals surface area contributed by atoms with Crippen molar-refractivity contribution in [1.82, 2.24) is 5.32 Å². The molecular weight excluding hydrogens is 252 g/mol. The molecule has 0 radical (unpaired) electrons. The predicted molar refractivity (Wildman–Crippen MR) is 81.1 cm³/mol. The number of anilines is 1. The molecule has 2 rings (SSSR count). The number of benzene rings is 1. The lowest BCUT2D eigenvalue weighted by molar-refractivity contribution is -0.121. The Labute approximate surface area is 120 Å². The SMILES string of the molecule is CCC(C)Oc1cccc(NC(C)C(=O)NC2CC2)c1. The van der Waals surface area contributed by atoms with Gasteiger partial charge in [0.2, 0.25) is 5.91 Å². The fourth-order valence-electron chi connectivity index (χ4n) is 1.84. The first-order chi connectivity index (χ1) is 9.58. The summed E-state index contributed by atoms with van der Waals surface area (Å²) in [6.45, 7) is 6.02. The van der Waals surface area contributed by atoms with Crippen molar-refractivity contribution in [2.75, 3.05) is 5.32 Å². The number of carbonyl (C=O) groups is 1. The van der Waals surface area contributed by atoms with Crippen LogP contribution >= 0.6 is 0 Å². The number of hydrogen-bond acceptors (Lipinski definition) is 3. The molecule has 110 valence electrons. The molecule has 1 aromatic carbocycles. The highest BCUT2D eigenvalue weighted by Crippen LogP contribution is 2.21. The summed E-state index contributed by atoms with van der Waals surface area (Å²) in [6.07, 6.45) is 3.38. The minimum Gasteiger partial charge on any atom is -0.491 e. The van der Waals surface area contributed by atoms with Gasteiger partial charge in [-0.15, -0.1) is 0 Å². The number of rotatable bonds is 7. The zero-order valence-electron chi connectivity index (χ0n) is 12.5. The summed E-state index contributed by atoms with van der Waals surface area (Å²) in [4.78, 5) is 11.9. The molecule has 0 heterocycles. The van der Waals surface area contributed by atoms with Gasteiger partial charge >= 0.3 is 0 Å². The maximum Gasteiger partial charge on any atom is 0.242 e. The number of ether oxygens (including phenoxy) is 1. The van der Waals surface area contributed by atoms with Gasteiger partial charge in [-0.25, -0.2) is 0 Å². The molecule has 0 bridgehead atoms. The average molecular weight is 276 g/mol. The summed E-state index contributed by atoms with van der Waals surface area (Å²) < 4.78 is 5.78. The van der Waals surface area contributed by atoms with Crippen LogP contribution in [0.3, 0.4) is 0 Å². The minimum atomic E-state index is -0.241. The van der Waals surface area contributed by atoms with E-state index in [1.54, 1.807) is 0 Å². The van der Waals surface area contributed by atoms with Gasteiger partial charge in [0.1, 0.15) is 11.8 Å². The van der Waals surface area contributed by atoms with E-state index in [0.717, 1.165) is 30.7 Å². The standard InChI is InChI=1S/C16H24N2O2/c1-4-11(2)20-15-7-5-6-14(10-15)17-12(3)16(19)18-13-8-9-13/h5-7,10-13,17H,4,8-9H2,1-3H3,(H,18,19). The predicted octanol–water partition coefficient (Wildman–Crippen LogP) is 2.94. The van der Waals surface area contributed by atoms with Crippen molar-refractivity contribution in [2.24, 2.45) is 0 Å². The Morgan fingerprint density at radius 2 is 2.15 bits per heavy atom. The molecule has 0 spiro atoms. The molecular formula is C16H24N2O2. The first kappa shape index (κ1) is 14.7. The summed E-state index contributed by atoms with van der Waals surface area (Å²) in [7, 11) is 0. The molecule has 1 amide bonds. The van der Waals surface area contributed by atoms with Crippen molar-refractivity contribution in [1.29, 1.82) is 0 Å². The third kappa shape index (κ3) is 4.44. The molecule has 0 saturated heterocycles. The molecule has 2 N–H and O–H groups in total. The van der Waals surface area contributed by atoms with E-state index < -0.39 is 0 Å². The summed E-state index contributed by atoms with van der Waals surface area (Å²) in [5.74, 6) is 0.889. The lowest BCUT2D eigenvalue weighted by Crippen LogP contribution is -2.38. The van der Waals surface area contributed by atoms with Crippen molar-refractivity contribution < 1.29 is 9.53 Å². The molecule has 1 aromatic rings. The van der Waals surface area contributed by atoms with E-state index in [-0.39, 0.29) is 18.1 Å². The third-order valence-electron chi connectivity index (χ3n) is 3.45. The van der Waals surface area contributed by atoms with E-state index in [0.29, 0.717) is 6.04 Å². The molecule has 1 aliphatic carbocycles. The lowest BCUT2D eigenvalue weighted by atomic mass is 10.2. The van der Waals surface area contributed by atoms with Crippen LogP contribution in [0, 0.1) is 0 Å². The first-order valence-electron chi connectivity index (χ1n) is 7.42. The smallest absolute Gasteiger partial charge is 0.242 e. The Kier molecular flexibility index (Phi) is 4.88. The summed E-state index contributed by atoms with van der Waals surface area (Å²) in [5, 5.41) is 6.21. The van der Waals surface area contributed by atoms with Crippen LogP contribution in [0.5, 0.6) is 5.75 Å². The topological polar surface area (TPSA) is 50.4 Å². The van der Waals surface area contributed by atoms with E-state index >= 15 is 0 Å². The van der Waals surface area contributed by atoms with E-state index in [1.165, 1.54) is 0 Å². The fourth-order valence-corrected chi connectivity index (χ4v) is 1.84. The van der Waals surface area contributed by atoms with Gasteiger partial charge < -0.3 is 15.4 Å². The molecule has 0 aliphatic heterocycles. The zero-order valence-corrected chi connectivity index (χ0v) is 12.5. The van der Waals surface area contributed by atoms with E-state index in [2.05, 4.69) is 17.6 Å². The van der Waals surface area contributed by atoms with E-state index in [9.17, 15) is 4.79 Å². The van der Waals surface area contributed by atoms with E-state index in [1.807, 2.05) is 38.1 Å². The Morgan fingerprint density at radius 1 is 1.40 bits per heavy atom. The summed E-state index contributed by atoms with van der Waals surface area (Å²) in [5.41, 5.74) is 0.907. The van der Waals surface area contributed by atoms with Crippen molar-refractivity contribution in [3.63, 3.8) is 0 Å². The van der Waals surface area contributed by atoms with Crippen LogP contribution in [0.1, 0.15) is 40.0 Å². The second-order valence-corrected chi connectivity index (χ2v) is 5.51. The molecule has 1 fully saturated rings. The van der Waals surface area contributed by atoms with Crippen LogP contribution in [0.25, 0.3) is 0 Å². The van der Waals surface area contributed by atoms with E-state index in [4.69, 9.17) is 4.74 Å². The molecule has 2 unspecified atom stereocenters. The summed E-state index contributed by atoms with van der Waals surface area (Å²) >= 11 is 0. The normalized spacial score (nSPS) is 17.1. The minimum absolute atomic E-state index is 0.0562. The second kappa shape index (κ2) is 6.64. The molecule has 20 heavy (non-hydrogen) atoms. The highest BCUT2D eigenvalue weighted by molar-refractivity contribution is 5.84. The number of nitrogens with one attached hydrogen (secondary N) is 2. The van der Waals surface area contributed by atoms with Gasteiger partial charge in [-0.3, -0.25) is 4.79 Å². The van der Waals surface area contributed by atoms with Crippen molar-refractivity contribution >= 4 is 11.6 Å². The number of carbonyl (C=O) groups excluding carboxylic acids is 1. The van der Waals surface area contributed by atoms with Crippen molar-refractivity contribution in [2.45, 2.75) is 58.2 Å². The van der Waals surface area contributed by atoms with Gasteiger partial charge in [0.25, 0.3) is 0 Å². The largest absolute Gasteiger partial charge is 0.491 e. The average Bonchev–Trinajstić information content (AvgIpc) is 3.22. The van der Waals surface area contributed by atoms with Gasteiger partial charge in [-0.2, -0.15) is 0 Å². The highest BCUT2D eigenvalue weighted by atomic mass is 16.5. The fraction of sp³-hybridized carbons (Fsp3) is 0.562. The van der Waals surface area contributed by atoms with Crippen LogP contribution in [-0.2, 0) is 4.79 Å². The molecule has 0 aromatic heterocycles. The first-order valence-corrected chi connectivity index (χ1v) is 7.42. The highest BCUT2D eigenvalue weighted by Gasteiger charge is 2.25. The molecule has 1 saturated carbocycles. The zero-order chi connectivity index (χ0) is 14.5. The second-order valence-electron chi connectivity index (χ2n) is 5.51. The molecule has 2 atom stereocenters. The van der Waals surface area contributed by atoms with Crippen LogP contribution < -0.4 is 15.4 Å². The Morgan fingerprint density at radius 3 is 2.80 bits per heavy atom. The number of amides is 1. The van der Waals surface area contributed by atoms with Crippen LogP contribution in [-0.4, -0.2) is 24.1 Å². The third-order valence-corrected chi connectivity index (χ3v) is 3.45. The van der Waals surface area contributed by atoms with Gasteiger partial charge in [0.05, 0.1) is 6.10 Å². The van der Waals surface area contributed by atoms with Gasteiger partial charge in [-0.1, -0.05) is 13.0 Å². The van der Waals surface area contributed by atoms with Crippen LogP contribution in [0.15, 0.2) is 24.3 Å². The maximum absolute atomic E-state index is 11.9.